The average molecular weight is 241 g/mol. The van der Waals surface area contributed by atoms with E-state index in [0.717, 1.165) is 0 Å². The number of Topliss-reactive ketones (excluding diaryl/α,β-unsaturated/α-hetero) is 1. The Morgan fingerprint density at radius 1 is 1.29 bits per heavy atom. The summed E-state index contributed by atoms with van der Waals surface area (Å²) in [5.41, 5.74) is -0.398. The fraction of sp³-hybridized carbons (Fsp3) is 0.250. The summed E-state index contributed by atoms with van der Waals surface area (Å²) in [5.74, 6) is -0.304. The fourth-order valence-electron chi connectivity index (χ4n) is 1.90. The zero-order valence-electron chi connectivity index (χ0n) is 9.06. The smallest absolute Gasteiger partial charge is 0.358 e. The summed E-state index contributed by atoms with van der Waals surface area (Å²) in [6, 6.07) is 6.16. The number of fused-ring (bicyclic) bond motifs is 1. The lowest BCUT2D eigenvalue weighted by Crippen LogP contribution is -2.10. The standard InChI is InChI=1S/C12H10F3NO/c1-7(17)6-10-11(12(13,14)15)8-4-2-3-5-9(8)16-10/h2-5,16H,6H2,1H3. The minimum absolute atomic E-state index is 0.0637. The van der Waals surface area contributed by atoms with Gasteiger partial charge in [0.05, 0.1) is 5.56 Å². The van der Waals surface area contributed by atoms with Gasteiger partial charge in [-0.2, -0.15) is 13.2 Å². The number of rotatable bonds is 2. The summed E-state index contributed by atoms with van der Waals surface area (Å²) in [4.78, 5) is 13.6. The van der Waals surface area contributed by atoms with Crippen molar-refractivity contribution in [2.75, 3.05) is 0 Å². The molecule has 0 aliphatic rings. The molecule has 2 aromatic rings. The fourth-order valence-corrected chi connectivity index (χ4v) is 1.90. The third-order valence-electron chi connectivity index (χ3n) is 2.49. The van der Waals surface area contributed by atoms with E-state index < -0.39 is 11.7 Å². The van der Waals surface area contributed by atoms with Crippen LogP contribution in [-0.2, 0) is 17.4 Å². The Bertz CT molecular complexity index is 569. The van der Waals surface area contributed by atoms with Gasteiger partial charge in [-0.1, -0.05) is 18.2 Å². The number of ketones is 1. The second-order valence-electron chi connectivity index (χ2n) is 3.90. The van der Waals surface area contributed by atoms with Gasteiger partial charge in [-0.25, -0.2) is 0 Å². The highest BCUT2D eigenvalue weighted by atomic mass is 19.4. The number of aromatic nitrogens is 1. The van der Waals surface area contributed by atoms with Gasteiger partial charge in [-0.05, 0) is 13.0 Å². The molecule has 1 aromatic carbocycles. The van der Waals surface area contributed by atoms with Crippen molar-refractivity contribution >= 4 is 16.7 Å². The first-order chi connectivity index (χ1) is 7.89. The van der Waals surface area contributed by atoms with Crippen LogP contribution in [0.3, 0.4) is 0 Å². The van der Waals surface area contributed by atoms with Gasteiger partial charge in [0.1, 0.15) is 5.78 Å². The van der Waals surface area contributed by atoms with Crippen LogP contribution in [0.2, 0.25) is 0 Å². The van der Waals surface area contributed by atoms with E-state index in [0.29, 0.717) is 5.52 Å². The second-order valence-corrected chi connectivity index (χ2v) is 3.90. The average Bonchev–Trinajstić information content (AvgIpc) is 2.53. The van der Waals surface area contributed by atoms with Gasteiger partial charge < -0.3 is 4.98 Å². The molecule has 0 aliphatic carbocycles. The minimum Gasteiger partial charge on any atom is -0.358 e. The molecule has 2 nitrogen and oxygen atoms in total. The van der Waals surface area contributed by atoms with Crippen molar-refractivity contribution < 1.29 is 18.0 Å². The van der Waals surface area contributed by atoms with Crippen LogP contribution in [0.15, 0.2) is 24.3 Å². The van der Waals surface area contributed by atoms with Crippen molar-refractivity contribution in [1.82, 2.24) is 4.98 Å². The first kappa shape index (κ1) is 11.7. The van der Waals surface area contributed by atoms with Crippen molar-refractivity contribution in [1.29, 1.82) is 0 Å². The van der Waals surface area contributed by atoms with Crippen LogP contribution in [-0.4, -0.2) is 10.8 Å². The summed E-state index contributed by atoms with van der Waals surface area (Å²) >= 11 is 0. The lowest BCUT2D eigenvalue weighted by molar-refractivity contribution is -0.137. The van der Waals surface area contributed by atoms with E-state index in [1.165, 1.54) is 13.0 Å². The molecule has 0 atom stereocenters. The van der Waals surface area contributed by atoms with E-state index in [-0.39, 0.29) is 23.3 Å². The number of nitrogens with one attached hydrogen (secondary N) is 1. The van der Waals surface area contributed by atoms with Crippen LogP contribution < -0.4 is 0 Å². The molecule has 1 N–H and O–H groups in total. The largest absolute Gasteiger partial charge is 0.418 e. The van der Waals surface area contributed by atoms with E-state index >= 15 is 0 Å². The maximum atomic E-state index is 12.9. The highest BCUT2D eigenvalue weighted by Gasteiger charge is 2.36. The molecule has 0 bridgehead atoms. The van der Waals surface area contributed by atoms with E-state index in [1.807, 2.05) is 0 Å². The van der Waals surface area contributed by atoms with Gasteiger partial charge in [0.25, 0.3) is 0 Å². The quantitative estimate of drug-likeness (QED) is 0.859. The summed E-state index contributed by atoms with van der Waals surface area (Å²) in [5, 5.41) is 0.108. The Morgan fingerprint density at radius 2 is 1.94 bits per heavy atom. The van der Waals surface area contributed by atoms with Crippen LogP contribution in [0.4, 0.5) is 13.2 Å². The van der Waals surface area contributed by atoms with Crippen LogP contribution >= 0.6 is 0 Å². The highest BCUT2D eigenvalue weighted by molar-refractivity contribution is 5.88. The molecule has 1 aromatic heterocycles. The molecular formula is C12H10F3NO. The van der Waals surface area contributed by atoms with Gasteiger partial charge in [-0.3, -0.25) is 4.79 Å². The molecule has 5 heteroatoms. The summed E-state index contributed by atoms with van der Waals surface area (Å²) in [6.45, 7) is 1.27. The molecule has 0 aliphatic heterocycles. The van der Waals surface area contributed by atoms with Gasteiger partial charge in [0, 0.05) is 23.0 Å². The number of halogens is 3. The number of benzene rings is 1. The molecule has 0 saturated carbocycles. The Balaban J connectivity index is 2.69. The van der Waals surface area contributed by atoms with Crippen LogP contribution in [0, 0.1) is 0 Å². The number of H-pyrrole nitrogens is 1. The third kappa shape index (κ3) is 2.18. The Labute approximate surface area is 95.4 Å². The van der Waals surface area contributed by atoms with Crippen molar-refractivity contribution in [3.05, 3.63) is 35.5 Å². The van der Waals surface area contributed by atoms with Crippen LogP contribution in [0.1, 0.15) is 18.2 Å². The SMILES string of the molecule is CC(=O)Cc1[nH]c2ccccc2c1C(F)(F)F. The zero-order valence-corrected chi connectivity index (χ0v) is 9.06. The Hall–Kier alpha value is -1.78. The van der Waals surface area contributed by atoms with Crippen LogP contribution in [0.5, 0.6) is 0 Å². The lowest BCUT2D eigenvalue weighted by atomic mass is 10.1. The molecule has 0 saturated heterocycles. The van der Waals surface area contributed by atoms with Gasteiger partial charge in [-0.15, -0.1) is 0 Å². The van der Waals surface area contributed by atoms with E-state index in [9.17, 15) is 18.0 Å². The normalized spacial score (nSPS) is 12.0. The molecule has 17 heavy (non-hydrogen) atoms. The van der Waals surface area contributed by atoms with Crippen molar-refractivity contribution in [2.45, 2.75) is 19.5 Å². The van der Waals surface area contributed by atoms with E-state index in [2.05, 4.69) is 4.98 Å². The first-order valence-electron chi connectivity index (χ1n) is 5.06. The molecular weight excluding hydrogens is 231 g/mol. The maximum Gasteiger partial charge on any atom is 0.418 e. The summed E-state index contributed by atoms with van der Waals surface area (Å²) < 4.78 is 38.8. The molecule has 2 rings (SSSR count). The van der Waals surface area contributed by atoms with Crippen molar-refractivity contribution in [3.8, 4) is 0 Å². The van der Waals surface area contributed by atoms with Gasteiger partial charge in [0.2, 0.25) is 0 Å². The number of para-hydroxylation sites is 1. The number of aromatic amines is 1. The predicted molar refractivity (Wildman–Crippen MR) is 57.7 cm³/mol. The molecule has 0 fully saturated rings. The topological polar surface area (TPSA) is 32.9 Å². The number of hydrogen-bond donors (Lipinski definition) is 1. The summed E-state index contributed by atoms with van der Waals surface area (Å²) in [6.07, 6.45) is -4.69. The maximum absolute atomic E-state index is 12.9. The number of hydrogen-bond acceptors (Lipinski definition) is 1. The van der Waals surface area contributed by atoms with E-state index in [4.69, 9.17) is 0 Å². The Kier molecular flexibility index (Phi) is 2.69. The van der Waals surface area contributed by atoms with Crippen LogP contribution in [0.25, 0.3) is 10.9 Å². The highest BCUT2D eigenvalue weighted by Crippen LogP contribution is 2.37. The molecule has 0 spiro atoms. The van der Waals surface area contributed by atoms with Crippen molar-refractivity contribution in [2.24, 2.45) is 0 Å². The number of alkyl halides is 3. The monoisotopic (exact) mass is 241 g/mol. The number of carbonyl (C=O) groups excluding carboxylic acids is 1. The molecule has 0 amide bonds. The first-order valence-corrected chi connectivity index (χ1v) is 5.06. The molecule has 0 unspecified atom stereocenters. The lowest BCUT2D eigenvalue weighted by Gasteiger charge is -2.07. The molecule has 1 heterocycles. The molecule has 90 valence electrons. The van der Waals surface area contributed by atoms with Gasteiger partial charge >= 0.3 is 6.18 Å². The Morgan fingerprint density at radius 3 is 2.53 bits per heavy atom. The predicted octanol–water partition coefficient (Wildman–Crippen LogP) is 3.32. The van der Waals surface area contributed by atoms with Crippen molar-refractivity contribution in [3.63, 3.8) is 0 Å². The van der Waals surface area contributed by atoms with Gasteiger partial charge in [0.15, 0.2) is 0 Å². The van der Waals surface area contributed by atoms with E-state index in [1.54, 1.807) is 18.2 Å². The third-order valence-corrected chi connectivity index (χ3v) is 2.49. The molecule has 0 radical (unpaired) electrons. The summed E-state index contributed by atoms with van der Waals surface area (Å²) in [7, 11) is 0. The second kappa shape index (κ2) is 3.91. The minimum atomic E-state index is -4.45. The zero-order chi connectivity index (χ0) is 12.6. The number of carbonyl (C=O) groups is 1.